The van der Waals surface area contributed by atoms with Gasteiger partial charge < -0.3 is 14.8 Å². The van der Waals surface area contributed by atoms with Crippen molar-refractivity contribution in [1.29, 1.82) is 0 Å². The standard InChI is InChI=1S/C24H25ClF3N3O5/c1-4-36-21(34)22(2)13-29-31-23(22,15-8-9-17(18(25)11-15)24(26,27)28)12-19(32)30-16-7-5-6-14(10-16)20(33)35-3/h5-11,29,31H,4,12-13H2,1-3H3,(H,30,32). The van der Waals surface area contributed by atoms with Gasteiger partial charge in [-0.2, -0.15) is 13.2 Å². The number of anilines is 1. The van der Waals surface area contributed by atoms with Gasteiger partial charge in [0.2, 0.25) is 5.91 Å². The second-order valence-electron chi connectivity index (χ2n) is 8.43. The van der Waals surface area contributed by atoms with Crippen LogP contribution in [0.5, 0.6) is 0 Å². The predicted octanol–water partition coefficient (Wildman–Crippen LogP) is 4.05. The molecule has 0 radical (unpaired) electrons. The third-order valence-electron chi connectivity index (χ3n) is 6.17. The summed E-state index contributed by atoms with van der Waals surface area (Å²) in [5.41, 5.74) is 2.47. The highest BCUT2D eigenvalue weighted by Crippen LogP contribution is 2.48. The molecule has 1 heterocycles. The SMILES string of the molecule is CCOC(=O)C1(C)CNNC1(CC(=O)Nc1cccc(C(=O)OC)c1)c1ccc(C(F)(F)F)c(Cl)c1. The van der Waals surface area contributed by atoms with Crippen LogP contribution in [0.25, 0.3) is 0 Å². The molecule has 0 aliphatic carbocycles. The second-order valence-corrected chi connectivity index (χ2v) is 8.83. The Bertz CT molecular complexity index is 1180. The molecule has 8 nitrogen and oxygen atoms in total. The lowest BCUT2D eigenvalue weighted by Crippen LogP contribution is -2.55. The zero-order valence-corrected chi connectivity index (χ0v) is 20.5. The summed E-state index contributed by atoms with van der Waals surface area (Å²) in [6.07, 6.45) is -5.07. The van der Waals surface area contributed by atoms with Gasteiger partial charge in [-0.15, -0.1) is 0 Å². The van der Waals surface area contributed by atoms with Crippen molar-refractivity contribution in [3.8, 4) is 0 Å². The van der Waals surface area contributed by atoms with Gasteiger partial charge in [-0.05, 0) is 49.7 Å². The van der Waals surface area contributed by atoms with Crippen molar-refractivity contribution in [3.05, 3.63) is 64.2 Å². The van der Waals surface area contributed by atoms with Gasteiger partial charge in [-0.3, -0.25) is 15.0 Å². The number of rotatable bonds is 7. The molecule has 2 aromatic rings. The molecular weight excluding hydrogens is 503 g/mol. The van der Waals surface area contributed by atoms with E-state index >= 15 is 0 Å². The summed E-state index contributed by atoms with van der Waals surface area (Å²) in [4.78, 5) is 38.1. The molecule has 194 valence electrons. The van der Waals surface area contributed by atoms with Crippen LogP contribution in [0.2, 0.25) is 5.02 Å². The van der Waals surface area contributed by atoms with E-state index in [-0.39, 0.29) is 36.4 Å². The summed E-state index contributed by atoms with van der Waals surface area (Å²) in [6.45, 7) is 3.25. The number of hydrazine groups is 1. The van der Waals surface area contributed by atoms with Crippen molar-refractivity contribution in [1.82, 2.24) is 10.9 Å². The van der Waals surface area contributed by atoms with Gasteiger partial charge in [0, 0.05) is 12.2 Å². The summed E-state index contributed by atoms with van der Waals surface area (Å²) >= 11 is 5.99. The zero-order chi connectivity index (χ0) is 26.7. The highest BCUT2D eigenvalue weighted by Gasteiger charge is 2.60. The first-order valence-electron chi connectivity index (χ1n) is 10.9. The molecule has 1 aliphatic rings. The van der Waals surface area contributed by atoms with E-state index in [2.05, 4.69) is 20.9 Å². The van der Waals surface area contributed by atoms with Gasteiger partial charge in [-0.1, -0.05) is 23.7 Å². The predicted molar refractivity (Wildman–Crippen MR) is 125 cm³/mol. The van der Waals surface area contributed by atoms with E-state index in [9.17, 15) is 27.6 Å². The Morgan fingerprint density at radius 2 is 1.89 bits per heavy atom. The number of carbonyl (C=O) groups excluding carboxylic acids is 3. The quantitative estimate of drug-likeness (QED) is 0.467. The van der Waals surface area contributed by atoms with Crippen molar-refractivity contribution >= 4 is 35.1 Å². The minimum atomic E-state index is -4.68. The van der Waals surface area contributed by atoms with Crippen LogP contribution >= 0.6 is 11.6 Å². The normalized spacial score (nSPS) is 21.6. The monoisotopic (exact) mass is 527 g/mol. The first-order chi connectivity index (χ1) is 16.9. The first-order valence-corrected chi connectivity index (χ1v) is 11.3. The van der Waals surface area contributed by atoms with Crippen LogP contribution in [-0.4, -0.2) is 38.1 Å². The maximum absolute atomic E-state index is 13.3. The Balaban J connectivity index is 2.03. The van der Waals surface area contributed by atoms with E-state index in [0.717, 1.165) is 12.1 Å². The van der Waals surface area contributed by atoms with E-state index in [0.29, 0.717) is 0 Å². The Morgan fingerprint density at radius 3 is 2.50 bits per heavy atom. The molecule has 0 aromatic heterocycles. The van der Waals surface area contributed by atoms with Gasteiger partial charge >= 0.3 is 18.1 Å². The van der Waals surface area contributed by atoms with E-state index in [1.165, 1.54) is 25.3 Å². The van der Waals surface area contributed by atoms with Crippen LogP contribution in [0.3, 0.4) is 0 Å². The highest BCUT2D eigenvalue weighted by atomic mass is 35.5. The van der Waals surface area contributed by atoms with Crippen LogP contribution < -0.4 is 16.2 Å². The smallest absolute Gasteiger partial charge is 0.417 e. The number of amides is 1. The number of nitrogens with one attached hydrogen (secondary N) is 3. The molecule has 2 unspecified atom stereocenters. The number of methoxy groups -OCH3 is 1. The van der Waals surface area contributed by atoms with Crippen molar-refractivity contribution < 1.29 is 37.0 Å². The van der Waals surface area contributed by atoms with E-state index in [4.69, 9.17) is 16.3 Å². The Hall–Kier alpha value is -3.15. The lowest BCUT2D eigenvalue weighted by atomic mass is 9.66. The molecule has 3 N–H and O–H groups in total. The second kappa shape index (κ2) is 10.5. The van der Waals surface area contributed by atoms with E-state index < -0.39 is 45.6 Å². The highest BCUT2D eigenvalue weighted by molar-refractivity contribution is 6.31. The van der Waals surface area contributed by atoms with Gasteiger partial charge in [-0.25, -0.2) is 10.2 Å². The summed E-state index contributed by atoms with van der Waals surface area (Å²) in [7, 11) is 1.22. The number of alkyl halides is 3. The summed E-state index contributed by atoms with van der Waals surface area (Å²) in [5.74, 6) is -1.84. The van der Waals surface area contributed by atoms with Crippen LogP contribution in [0.4, 0.5) is 18.9 Å². The van der Waals surface area contributed by atoms with Crippen LogP contribution in [0, 0.1) is 5.41 Å². The molecule has 0 bridgehead atoms. The molecule has 2 aromatic carbocycles. The van der Waals surface area contributed by atoms with Crippen molar-refractivity contribution in [2.45, 2.75) is 32.0 Å². The summed E-state index contributed by atoms with van der Waals surface area (Å²) < 4.78 is 49.9. The van der Waals surface area contributed by atoms with Gasteiger partial charge in [0.1, 0.15) is 5.41 Å². The number of benzene rings is 2. The van der Waals surface area contributed by atoms with Crippen molar-refractivity contribution in [2.24, 2.45) is 5.41 Å². The van der Waals surface area contributed by atoms with Crippen molar-refractivity contribution in [3.63, 3.8) is 0 Å². The minimum Gasteiger partial charge on any atom is -0.465 e. The third kappa shape index (κ3) is 5.18. The molecule has 0 saturated carbocycles. The summed E-state index contributed by atoms with van der Waals surface area (Å²) in [5, 5.41) is 2.08. The minimum absolute atomic E-state index is 0.0234. The van der Waals surface area contributed by atoms with E-state index in [1.54, 1.807) is 26.0 Å². The molecule has 12 heteroatoms. The lowest BCUT2D eigenvalue weighted by molar-refractivity contribution is -0.158. The Morgan fingerprint density at radius 1 is 1.17 bits per heavy atom. The fourth-order valence-corrected chi connectivity index (χ4v) is 4.52. The largest absolute Gasteiger partial charge is 0.465 e. The Labute approximate surface area is 210 Å². The molecule has 0 spiro atoms. The maximum Gasteiger partial charge on any atom is 0.417 e. The molecular formula is C24H25ClF3N3O5. The number of carbonyl (C=O) groups is 3. The van der Waals surface area contributed by atoms with Crippen LogP contribution in [-0.2, 0) is 30.8 Å². The van der Waals surface area contributed by atoms with E-state index in [1.807, 2.05) is 0 Å². The van der Waals surface area contributed by atoms with Gasteiger partial charge in [0.25, 0.3) is 0 Å². The fraction of sp³-hybridized carbons (Fsp3) is 0.375. The molecule has 1 amide bonds. The molecule has 1 aliphatic heterocycles. The molecule has 36 heavy (non-hydrogen) atoms. The number of ether oxygens (including phenoxy) is 2. The molecule has 1 fully saturated rings. The topological polar surface area (TPSA) is 106 Å². The summed E-state index contributed by atoms with van der Waals surface area (Å²) in [6, 6.07) is 9.10. The lowest BCUT2D eigenvalue weighted by Gasteiger charge is -2.40. The fourth-order valence-electron chi connectivity index (χ4n) is 4.23. The molecule has 1 saturated heterocycles. The average Bonchev–Trinajstić information content (AvgIpc) is 3.15. The zero-order valence-electron chi connectivity index (χ0n) is 19.7. The number of hydrogen-bond donors (Lipinski definition) is 3. The number of halogens is 4. The van der Waals surface area contributed by atoms with Crippen LogP contribution in [0.15, 0.2) is 42.5 Å². The third-order valence-corrected chi connectivity index (χ3v) is 6.48. The van der Waals surface area contributed by atoms with Crippen LogP contribution in [0.1, 0.15) is 41.8 Å². The maximum atomic E-state index is 13.3. The number of hydrogen-bond acceptors (Lipinski definition) is 7. The van der Waals surface area contributed by atoms with Gasteiger partial charge in [0.15, 0.2) is 0 Å². The van der Waals surface area contributed by atoms with Gasteiger partial charge in [0.05, 0.1) is 41.8 Å². The van der Waals surface area contributed by atoms with Crippen molar-refractivity contribution in [2.75, 3.05) is 25.6 Å². The first kappa shape index (κ1) is 27.4. The average molecular weight is 528 g/mol. The number of esters is 2. The molecule has 2 atom stereocenters. The Kier molecular flexibility index (Phi) is 7.97. The molecule has 3 rings (SSSR count).